The SMILES string of the molecule is CCCCC(Cl)CC(CC(C)O)N(CC)CC.Cl. The maximum Gasteiger partial charge on any atom is 0.0527 e. The molecule has 0 aromatic rings. The van der Waals surface area contributed by atoms with Gasteiger partial charge < -0.3 is 10.0 Å². The molecule has 0 bridgehead atoms. The largest absolute Gasteiger partial charge is 0.393 e. The minimum atomic E-state index is -0.240. The molecular formula is C14H31Cl2NO. The van der Waals surface area contributed by atoms with Crippen LogP contribution >= 0.6 is 24.0 Å². The van der Waals surface area contributed by atoms with Crippen LogP contribution in [0.5, 0.6) is 0 Å². The second-order valence-corrected chi connectivity index (χ2v) is 5.55. The van der Waals surface area contributed by atoms with E-state index in [0.29, 0.717) is 6.04 Å². The maximum atomic E-state index is 9.58. The molecule has 4 heteroatoms. The Morgan fingerprint density at radius 3 is 2.06 bits per heavy atom. The number of rotatable bonds is 10. The van der Waals surface area contributed by atoms with E-state index in [-0.39, 0.29) is 23.9 Å². The molecule has 0 aliphatic carbocycles. The molecule has 18 heavy (non-hydrogen) atoms. The summed E-state index contributed by atoms with van der Waals surface area (Å²) in [5.74, 6) is 0. The molecule has 0 aliphatic rings. The van der Waals surface area contributed by atoms with Crippen molar-refractivity contribution in [3.63, 3.8) is 0 Å². The molecular weight excluding hydrogens is 269 g/mol. The fourth-order valence-corrected chi connectivity index (χ4v) is 2.73. The Balaban J connectivity index is 0. The number of hydrogen-bond acceptors (Lipinski definition) is 2. The van der Waals surface area contributed by atoms with Crippen LogP contribution in [0.25, 0.3) is 0 Å². The highest BCUT2D eigenvalue weighted by Gasteiger charge is 2.21. The van der Waals surface area contributed by atoms with Crippen molar-refractivity contribution in [1.29, 1.82) is 0 Å². The van der Waals surface area contributed by atoms with Crippen molar-refractivity contribution < 1.29 is 5.11 Å². The summed E-state index contributed by atoms with van der Waals surface area (Å²) in [6.07, 6.45) is 5.08. The summed E-state index contributed by atoms with van der Waals surface area (Å²) in [6.45, 7) is 10.5. The van der Waals surface area contributed by atoms with Gasteiger partial charge in [-0.1, -0.05) is 33.6 Å². The van der Waals surface area contributed by atoms with E-state index < -0.39 is 0 Å². The van der Waals surface area contributed by atoms with Gasteiger partial charge in [0.05, 0.1) is 6.10 Å². The highest BCUT2D eigenvalue weighted by atomic mass is 35.5. The Bertz CT molecular complexity index is 175. The predicted octanol–water partition coefficient (Wildman–Crippen LogP) is 4.08. The van der Waals surface area contributed by atoms with Gasteiger partial charge in [-0.25, -0.2) is 0 Å². The zero-order valence-corrected chi connectivity index (χ0v) is 13.9. The summed E-state index contributed by atoms with van der Waals surface area (Å²) < 4.78 is 0. The molecule has 0 saturated heterocycles. The summed E-state index contributed by atoms with van der Waals surface area (Å²) in [5, 5.41) is 9.83. The van der Waals surface area contributed by atoms with Crippen LogP contribution in [0, 0.1) is 0 Å². The van der Waals surface area contributed by atoms with Crippen LogP contribution in [0.4, 0.5) is 0 Å². The zero-order chi connectivity index (χ0) is 13.3. The highest BCUT2D eigenvalue weighted by molar-refractivity contribution is 6.20. The molecule has 3 unspecified atom stereocenters. The normalized spacial score (nSPS) is 16.2. The molecule has 112 valence electrons. The van der Waals surface area contributed by atoms with E-state index in [1.165, 1.54) is 12.8 Å². The second-order valence-electron chi connectivity index (χ2n) is 4.93. The fraction of sp³-hybridized carbons (Fsp3) is 1.00. The average molecular weight is 300 g/mol. The number of unbranched alkanes of at least 4 members (excludes halogenated alkanes) is 1. The van der Waals surface area contributed by atoms with E-state index in [0.717, 1.165) is 32.4 Å². The van der Waals surface area contributed by atoms with Gasteiger partial charge in [0.25, 0.3) is 0 Å². The molecule has 0 aliphatic heterocycles. The van der Waals surface area contributed by atoms with Crippen LogP contribution in [0.15, 0.2) is 0 Å². The summed E-state index contributed by atoms with van der Waals surface area (Å²) in [4.78, 5) is 2.41. The van der Waals surface area contributed by atoms with Crippen LogP contribution in [0.2, 0.25) is 0 Å². The topological polar surface area (TPSA) is 23.5 Å². The van der Waals surface area contributed by atoms with Gasteiger partial charge in [-0.15, -0.1) is 24.0 Å². The predicted molar refractivity (Wildman–Crippen MR) is 84.0 cm³/mol. The molecule has 0 aromatic heterocycles. The molecule has 3 atom stereocenters. The van der Waals surface area contributed by atoms with Gasteiger partial charge in [0.15, 0.2) is 0 Å². The Morgan fingerprint density at radius 1 is 1.11 bits per heavy atom. The van der Waals surface area contributed by atoms with Crippen LogP contribution in [-0.2, 0) is 0 Å². The number of aliphatic hydroxyl groups excluding tert-OH is 1. The third kappa shape index (κ3) is 9.43. The van der Waals surface area contributed by atoms with Crippen molar-refractivity contribution in [3.05, 3.63) is 0 Å². The lowest BCUT2D eigenvalue weighted by Crippen LogP contribution is -2.38. The Labute approximate surface area is 124 Å². The van der Waals surface area contributed by atoms with E-state index in [1.807, 2.05) is 6.92 Å². The first kappa shape index (κ1) is 20.8. The molecule has 0 saturated carbocycles. The molecule has 1 N–H and O–H groups in total. The van der Waals surface area contributed by atoms with Gasteiger partial charge >= 0.3 is 0 Å². The number of hydrogen-bond donors (Lipinski definition) is 1. The lowest BCUT2D eigenvalue weighted by molar-refractivity contribution is 0.112. The van der Waals surface area contributed by atoms with Crippen LogP contribution in [0.3, 0.4) is 0 Å². The van der Waals surface area contributed by atoms with Gasteiger partial charge in [-0.05, 0) is 39.3 Å². The molecule has 0 aromatic carbocycles. The Kier molecular flexibility index (Phi) is 14.5. The lowest BCUT2D eigenvalue weighted by Gasteiger charge is -2.32. The Hall–Kier alpha value is 0.500. The van der Waals surface area contributed by atoms with Crippen molar-refractivity contribution in [3.8, 4) is 0 Å². The van der Waals surface area contributed by atoms with Crippen molar-refractivity contribution in [2.24, 2.45) is 0 Å². The van der Waals surface area contributed by atoms with Crippen molar-refractivity contribution >= 4 is 24.0 Å². The summed E-state index contributed by atoms with van der Waals surface area (Å²) in [6, 6.07) is 0.421. The molecule has 0 radical (unpaired) electrons. The molecule has 0 fully saturated rings. The highest BCUT2D eigenvalue weighted by Crippen LogP contribution is 2.20. The van der Waals surface area contributed by atoms with Gasteiger partial charge in [-0.2, -0.15) is 0 Å². The number of alkyl halides is 1. The van der Waals surface area contributed by atoms with E-state index in [4.69, 9.17) is 11.6 Å². The first-order chi connectivity index (χ1) is 8.04. The van der Waals surface area contributed by atoms with E-state index in [9.17, 15) is 5.11 Å². The first-order valence-corrected chi connectivity index (χ1v) is 7.54. The van der Waals surface area contributed by atoms with Crippen molar-refractivity contribution in [2.75, 3.05) is 13.1 Å². The van der Waals surface area contributed by atoms with E-state index >= 15 is 0 Å². The molecule has 0 rings (SSSR count). The number of aliphatic hydroxyl groups is 1. The lowest BCUT2D eigenvalue weighted by atomic mass is 10.00. The van der Waals surface area contributed by atoms with Crippen molar-refractivity contribution in [1.82, 2.24) is 4.90 Å². The maximum absolute atomic E-state index is 9.58. The second kappa shape index (κ2) is 12.5. The van der Waals surface area contributed by atoms with Gasteiger partial charge in [0.1, 0.15) is 0 Å². The monoisotopic (exact) mass is 299 g/mol. The minimum absolute atomic E-state index is 0. The molecule has 0 amide bonds. The van der Waals surface area contributed by atoms with Crippen LogP contribution < -0.4 is 0 Å². The van der Waals surface area contributed by atoms with E-state index in [1.54, 1.807) is 0 Å². The fourth-order valence-electron chi connectivity index (χ4n) is 2.37. The van der Waals surface area contributed by atoms with Crippen LogP contribution in [0.1, 0.15) is 59.8 Å². The molecule has 0 heterocycles. The van der Waals surface area contributed by atoms with Gasteiger partial charge in [0, 0.05) is 11.4 Å². The van der Waals surface area contributed by atoms with Crippen LogP contribution in [-0.4, -0.2) is 40.6 Å². The summed E-state index contributed by atoms with van der Waals surface area (Å²) in [7, 11) is 0. The number of halogens is 2. The zero-order valence-electron chi connectivity index (χ0n) is 12.4. The minimum Gasteiger partial charge on any atom is -0.393 e. The summed E-state index contributed by atoms with van der Waals surface area (Å²) in [5.41, 5.74) is 0. The summed E-state index contributed by atoms with van der Waals surface area (Å²) >= 11 is 6.39. The number of nitrogens with zero attached hydrogens (tertiary/aromatic N) is 1. The Morgan fingerprint density at radius 2 is 1.67 bits per heavy atom. The first-order valence-electron chi connectivity index (χ1n) is 7.11. The van der Waals surface area contributed by atoms with Gasteiger partial charge in [-0.3, -0.25) is 0 Å². The van der Waals surface area contributed by atoms with Crippen molar-refractivity contribution in [2.45, 2.75) is 77.3 Å². The quantitative estimate of drug-likeness (QED) is 0.615. The molecule has 2 nitrogen and oxygen atoms in total. The van der Waals surface area contributed by atoms with E-state index in [2.05, 4.69) is 25.7 Å². The third-order valence-corrected chi connectivity index (χ3v) is 3.74. The third-order valence-electron chi connectivity index (χ3n) is 3.34. The smallest absolute Gasteiger partial charge is 0.0527 e. The average Bonchev–Trinajstić information content (AvgIpc) is 2.27. The standard InChI is InChI=1S/C14H30ClNO.ClH/c1-5-8-9-13(15)11-14(10-12(4)17)16(6-2)7-3;/h12-14,17H,5-11H2,1-4H3;1H. The van der Waals surface area contributed by atoms with Gasteiger partial charge in [0.2, 0.25) is 0 Å². The molecule has 0 spiro atoms.